The minimum atomic E-state index is 0.906. The van der Waals surface area contributed by atoms with E-state index < -0.39 is 0 Å². The van der Waals surface area contributed by atoms with Crippen molar-refractivity contribution in [3.8, 4) is 33.6 Å². The molecule has 12 rings (SSSR count). The number of hydrogen-bond donors (Lipinski definition) is 0. The Morgan fingerprint density at radius 2 is 0.865 bits per heavy atom. The summed E-state index contributed by atoms with van der Waals surface area (Å²) in [6, 6.07) is 63.2. The Hall–Kier alpha value is -6.42. The Kier molecular flexibility index (Phi) is 5.74. The molecule has 2 nitrogen and oxygen atoms in total. The monoisotopic (exact) mass is 678 g/mol. The first-order chi connectivity index (χ1) is 25.8. The van der Waals surface area contributed by atoms with Gasteiger partial charge in [0.2, 0.25) is 0 Å². The molecule has 11 aromatic rings. The van der Waals surface area contributed by atoms with E-state index in [2.05, 4.69) is 179 Å². The largest absolute Gasteiger partial charge is 0.309 e. The van der Waals surface area contributed by atoms with E-state index in [0.717, 1.165) is 6.42 Å². The maximum atomic E-state index is 2.47. The molecule has 0 fully saturated rings. The number of para-hydroxylation sites is 4. The van der Waals surface area contributed by atoms with Gasteiger partial charge in [0.05, 0.1) is 22.1 Å². The second kappa shape index (κ2) is 10.6. The van der Waals surface area contributed by atoms with Gasteiger partial charge in [-0.05, 0) is 107 Å². The van der Waals surface area contributed by atoms with Gasteiger partial charge in [0, 0.05) is 53.1 Å². The van der Waals surface area contributed by atoms with Gasteiger partial charge in [-0.2, -0.15) is 0 Å². The van der Waals surface area contributed by atoms with Crippen LogP contribution in [0.15, 0.2) is 170 Å². The van der Waals surface area contributed by atoms with Crippen LogP contribution in [-0.4, -0.2) is 9.13 Å². The highest BCUT2D eigenvalue weighted by Gasteiger charge is 2.26. The predicted octanol–water partition coefficient (Wildman–Crippen LogP) is 13.5. The number of fused-ring (bicyclic) bond motifs is 12. The van der Waals surface area contributed by atoms with Crippen molar-refractivity contribution in [2.24, 2.45) is 0 Å². The van der Waals surface area contributed by atoms with E-state index in [-0.39, 0.29) is 0 Å². The van der Waals surface area contributed by atoms with E-state index in [9.17, 15) is 0 Å². The van der Waals surface area contributed by atoms with Gasteiger partial charge in [-0.25, -0.2) is 0 Å². The van der Waals surface area contributed by atoms with Crippen molar-refractivity contribution in [3.05, 3.63) is 181 Å². The molecule has 0 spiro atoms. The van der Waals surface area contributed by atoms with E-state index in [1.54, 1.807) is 0 Å². The second-order valence-electron chi connectivity index (χ2n) is 14.1. The fourth-order valence-electron chi connectivity index (χ4n) is 9.07. The molecule has 0 radical (unpaired) electrons. The minimum absolute atomic E-state index is 0.906. The molecule has 3 heteroatoms. The Morgan fingerprint density at radius 1 is 0.365 bits per heavy atom. The third-order valence-corrected chi connectivity index (χ3v) is 12.5. The van der Waals surface area contributed by atoms with Crippen LogP contribution < -0.4 is 0 Å². The van der Waals surface area contributed by atoms with Crippen LogP contribution in [0.5, 0.6) is 0 Å². The summed E-state index contributed by atoms with van der Waals surface area (Å²) in [4.78, 5) is 0. The van der Waals surface area contributed by atoms with Crippen molar-refractivity contribution in [2.45, 2.75) is 6.42 Å². The summed E-state index contributed by atoms with van der Waals surface area (Å²) < 4.78 is 7.58. The lowest BCUT2D eigenvalue weighted by atomic mass is 9.93. The van der Waals surface area contributed by atoms with Crippen LogP contribution in [0.4, 0.5) is 0 Å². The molecule has 0 aliphatic heterocycles. The smallest absolute Gasteiger partial charge is 0.0541 e. The molecule has 52 heavy (non-hydrogen) atoms. The average Bonchev–Trinajstić information content (AvgIpc) is 3.95. The molecular weight excluding hydrogens is 649 g/mol. The molecule has 3 heterocycles. The van der Waals surface area contributed by atoms with Gasteiger partial charge in [-0.15, -0.1) is 11.3 Å². The summed E-state index contributed by atoms with van der Waals surface area (Å²) in [5.74, 6) is 0. The van der Waals surface area contributed by atoms with Gasteiger partial charge >= 0.3 is 0 Å². The number of rotatable bonds is 3. The molecular formula is C49H30N2S. The minimum Gasteiger partial charge on any atom is -0.309 e. The average molecular weight is 679 g/mol. The Balaban J connectivity index is 1.15. The molecule has 3 aromatic heterocycles. The van der Waals surface area contributed by atoms with Crippen LogP contribution >= 0.6 is 11.3 Å². The van der Waals surface area contributed by atoms with Gasteiger partial charge in [0.15, 0.2) is 0 Å². The van der Waals surface area contributed by atoms with E-state index >= 15 is 0 Å². The van der Waals surface area contributed by atoms with Gasteiger partial charge in [-0.1, -0.05) is 103 Å². The molecule has 1 aliphatic carbocycles. The van der Waals surface area contributed by atoms with Crippen molar-refractivity contribution < 1.29 is 0 Å². The molecule has 0 saturated carbocycles. The summed E-state index contributed by atoms with van der Waals surface area (Å²) in [5, 5.41) is 7.79. The van der Waals surface area contributed by atoms with Gasteiger partial charge in [0.1, 0.15) is 0 Å². The number of hydrogen-bond acceptors (Lipinski definition) is 1. The van der Waals surface area contributed by atoms with Gasteiger partial charge in [0.25, 0.3) is 0 Å². The van der Waals surface area contributed by atoms with Gasteiger partial charge < -0.3 is 9.13 Å². The summed E-state index contributed by atoms with van der Waals surface area (Å²) in [7, 11) is 0. The fourth-order valence-corrected chi connectivity index (χ4v) is 10.2. The third-order valence-electron chi connectivity index (χ3n) is 11.3. The molecule has 0 N–H and O–H groups in total. The number of benzene rings is 8. The first-order valence-corrected chi connectivity index (χ1v) is 18.8. The molecule has 0 bridgehead atoms. The molecule has 8 aromatic carbocycles. The number of aromatic nitrogens is 2. The van der Waals surface area contributed by atoms with Crippen LogP contribution in [0.1, 0.15) is 11.1 Å². The standard InChI is InChI=1S/C49H30N2S/c1-6-16-44-34(11-1)35-12-2-7-17-45(35)50(44)32-23-21-30-25-41-40(31-22-24-49-43(26-31)38-15-5-10-20-48(38)52-49)28-33(29-42(41)39(30)27-32)51-46-18-8-3-13-36(46)37-14-4-9-19-47(37)51/h1-24,26-29H,25H2. The summed E-state index contributed by atoms with van der Waals surface area (Å²) in [6.45, 7) is 0. The first-order valence-electron chi connectivity index (χ1n) is 18.0. The third kappa shape index (κ3) is 3.89. The highest BCUT2D eigenvalue weighted by molar-refractivity contribution is 7.25. The van der Waals surface area contributed by atoms with Gasteiger partial charge in [-0.3, -0.25) is 0 Å². The Morgan fingerprint density at radius 3 is 1.50 bits per heavy atom. The molecule has 242 valence electrons. The normalized spacial score (nSPS) is 12.5. The first kappa shape index (κ1) is 28.3. The zero-order chi connectivity index (χ0) is 33.9. The maximum absolute atomic E-state index is 2.47. The SMILES string of the molecule is c1ccc2c(c1)sc1ccc(-c3cc(-n4c5ccccc5c5ccccc54)cc4c3Cc3ccc(-n5c6ccccc6c6ccccc65)cc3-4)cc12. The summed E-state index contributed by atoms with van der Waals surface area (Å²) in [6.07, 6.45) is 0.906. The molecule has 0 saturated heterocycles. The zero-order valence-electron chi connectivity index (χ0n) is 28.2. The van der Waals surface area contributed by atoms with Crippen molar-refractivity contribution in [1.29, 1.82) is 0 Å². The Labute approximate surface area is 304 Å². The quantitative estimate of drug-likeness (QED) is 0.176. The molecule has 1 aliphatic rings. The Bertz CT molecular complexity index is 3170. The molecule has 0 unspecified atom stereocenters. The van der Waals surface area contributed by atoms with Crippen molar-refractivity contribution in [2.75, 3.05) is 0 Å². The van der Waals surface area contributed by atoms with E-state index in [0.29, 0.717) is 0 Å². The number of thiophene rings is 1. The van der Waals surface area contributed by atoms with Crippen LogP contribution in [0.3, 0.4) is 0 Å². The topological polar surface area (TPSA) is 9.86 Å². The molecule has 0 amide bonds. The van der Waals surface area contributed by atoms with E-state index in [1.165, 1.54) is 109 Å². The predicted molar refractivity (Wildman–Crippen MR) is 222 cm³/mol. The summed E-state index contributed by atoms with van der Waals surface area (Å²) >= 11 is 1.88. The molecule has 0 atom stereocenters. The van der Waals surface area contributed by atoms with E-state index in [1.807, 2.05) is 11.3 Å². The van der Waals surface area contributed by atoms with Crippen LogP contribution in [0, 0.1) is 0 Å². The van der Waals surface area contributed by atoms with Crippen LogP contribution in [0.2, 0.25) is 0 Å². The fraction of sp³-hybridized carbons (Fsp3) is 0.0204. The highest BCUT2D eigenvalue weighted by atomic mass is 32.1. The number of nitrogens with zero attached hydrogens (tertiary/aromatic N) is 2. The van der Waals surface area contributed by atoms with Crippen molar-refractivity contribution in [3.63, 3.8) is 0 Å². The lowest BCUT2D eigenvalue weighted by Crippen LogP contribution is -1.98. The lowest BCUT2D eigenvalue weighted by Gasteiger charge is -2.16. The summed E-state index contributed by atoms with van der Waals surface area (Å²) in [5.41, 5.74) is 15.3. The second-order valence-corrected chi connectivity index (χ2v) is 15.2. The lowest BCUT2D eigenvalue weighted by molar-refractivity contribution is 1.17. The van der Waals surface area contributed by atoms with Crippen molar-refractivity contribution >= 4 is 75.1 Å². The maximum Gasteiger partial charge on any atom is 0.0541 e. The van der Waals surface area contributed by atoms with E-state index in [4.69, 9.17) is 0 Å². The van der Waals surface area contributed by atoms with Crippen molar-refractivity contribution in [1.82, 2.24) is 9.13 Å². The van der Waals surface area contributed by atoms with Crippen LogP contribution in [0.25, 0.3) is 97.4 Å². The van der Waals surface area contributed by atoms with Crippen LogP contribution in [-0.2, 0) is 6.42 Å². The highest BCUT2D eigenvalue weighted by Crippen LogP contribution is 2.47. The zero-order valence-corrected chi connectivity index (χ0v) is 29.0.